The summed E-state index contributed by atoms with van der Waals surface area (Å²) >= 11 is 0. The number of nitrogens with one attached hydrogen (secondary N) is 1. The van der Waals surface area contributed by atoms with Crippen LogP contribution in [0.2, 0.25) is 0 Å². The van der Waals surface area contributed by atoms with Crippen molar-refractivity contribution in [3.8, 4) is 22.9 Å². The molecule has 0 bridgehead atoms. The van der Waals surface area contributed by atoms with Crippen LogP contribution in [0.5, 0.6) is 11.5 Å². The summed E-state index contributed by atoms with van der Waals surface area (Å²) in [5.74, 6) is 0.868. The van der Waals surface area contributed by atoms with Crippen molar-refractivity contribution in [2.24, 2.45) is 5.92 Å². The number of carbonyl (C=O) groups excluding carboxylic acids is 3. The topological polar surface area (TPSA) is 133 Å². The summed E-state index contributed by atoms with van der Waals surface area (Å²) in [4.78, 5) is 42.9. The second-order valence-corrected chi connectivity index (χ2v) is 8.49. The molecule has 2 aromatic rings. The largest absolute Gasteiger partial charge is 0.497 e. The lowest BCUT2D eigenvalue weighted by Gasteiger charge is -2.34. The number of hydrogen-bond acceptors (Lipinski definition) is 9. The van der Waals surface area contributed by atoms with Crippen molar-refractivity contribution in [3.05, 3.63) is 24.1 Å². The predicted octanol–water partition coefficient (Wildman–Crippen LogP) is 2.69. The number of hydrogen-bond donors (Lipinski definition) is 1. The molecule has 1 spiro atoms. The zero-order valence-corrected chi connectivity index (χ0v) is 19.5. The molecule has 4 rings (SSSR count). The molecule has 0 radical (unpaired) electrons. The van der Waals surface area contributed by atoms with Gasteiger partial charge in [0.25, 0.3) is 11.8 Å². The average molecular weight is 472 g/mol. The van der Waals surface area contributed by atoms with E-state index in [2.05, 4.69) is 22.4 Å². The summed E-state index contributed by atoms with van der Waals surface area (Å²) in [6.45, 7) is 1.36. The zero-order valence-electron chi connectivity index (χ0n) is 19.5. The van der Waals surface area contributed by atoms with Crippen LogP contribution in [0.25, 0.3) is 11.4 Å². The van der Waals surface area contributed by atoms with Crippen LogP contribution in [0.15, 0.2) is 22.7 Å². The fraction of sp³-hybridized carbons (Fsp3) is 0.522. The number of methoxy groups -OCH3 is 2. The lowest BCUT2D eigenvalue weighted by atomic mass is 9.75. The second-order valence-electron chi connectivity index (χ2n) is 8.49. The van der Waals surface area contributed by atoms with E-state index in [1.54, 1.807) is 25.3 Å². The molecule has 1 N–H and O–H groups in total. The number of esters is 1. The molecule has 11 nitrogen and oxygen atoms in total. The molecule has 2 fully saturated rings. The van der Waals surface area contributed by atoms with Gasteiger partial charge in [-0.05, 0) is 43.7 Å². The Hall–Kier alpha value is -3.63. The molecule has 2 aliphatic rings. The zero-order chi connectivity index (χ0) is 24.3. The third-order valence-electron chi connectivity index (χ3n) is 6.54. The molecule has 3 amide bonds. The SMILES string of the molecule is CCC1CCC2(CC1)NC(=O)N(CC(=O)OCc1nc(-c3ccc(OC)cc3OC)no1)C2=O. The van der Waals surface area contributed by atoms with E-state index in [1.165, 1.54) is 7.11 Å². The summed E-state index contributed by atoms with van der Waals surface area (Å²) in [5.41, 5.74) is -0.325. The lowest BCUT2D eigenvalue weighted by molar-refractivity contribution is -0.149. The first-order valence-electron chi connectivity index (χ1n) is 11.2. The van der Waals surface area contributed by atoms with E-state index in [0.29, 0.717) is 35.8 Å². The van der Waals surface area contributed by atoms with Gasteiger partial charge in [0.2, 0.25) is 5.82 Å². The maximum Gasteiger partial charge on any atom is 0.326 e. The van der Waals surface area contributed by atoms with E-state index >= 15 is 0 Å². The molecular formula is C23H28N4O7. The highest BCUT2D eigenvalue weighted by Crippen LogP contribution is 2.37. The Kier molecular flexibility index (Phi) is 6.71. The van der Waals surface area contributed by atoms with Crippen molar-refractivity contribution in [1.29, 1.82) is 0 Å². The van der Waals surface area contributed by atoms with Gasteiger partial charge < -0.3 is 24.1 Å². The first-order valence-corrected chi connectivity index (χ1v) is 11.2. The smallest absolute Gasteiger partial charge is 0.326 e. The Labute approximate surface area is 196 Å². The molecular weight excluding hydrogens is 444 g/mol. The summed E-state index contributed by atoms with van der Waals surface area (Å²) in [5, 5.41) is 6.70. The van der Waals surface area contributed by atoms with Gasteiger partial charge in [-0.15, -0.1) is 0 Å². The van der Waals surface area contributed by atoms with E-state index in [4.69, 9.17) is 18.7 Å². The highest BCUT2D eigenvalue weighted by atomic mass is 16.6. The van der Waals surface area contributed by atoms with E-state index in [1.807, 2.05) is 0 Å². The van der Waals surface area contributed by atoms with E-state index < -0.39 is 24.1 Å². The van der Waals surface area contributed by atoms with Crippen LogP contribution in [0, 0.1) is 5.92 Å². The van der Waals surface area contributed by atoms with Gasteiger partial charge in [-0.25, -0.2) is 4.79 Å². The van der Waals surface area contributed by atoms with Gasteiger partial charge in [0.05, 0.1) is 19.8 Å². The number of imide groups is 1. The quantitative estimate of drug-likeness (QED) is 0.455. The van der Waals surface area contributed by atoms with Crippen molar-refractivity contribution in [3.63, 3.8) is 0 Å². The molecule has 11 heteroatoms. The molecule has 0 unspecified atom stereocenters. The van der Waals surface area contributed by atoms with Gasteiger partial charge in [-0.2, -0.15) is 4.98 Å². The van der Waals surface area contributed by atoms with Crippen LogP contribution in [0.3, 0.4) is 0 Å². The Morgan fingerprint density at radius 1 is 1.24 bits per heavy atom. The van der Waals surface area contributed by atoms with Gasteiger partial charge in [0.1, 0.15) is 23.6 Å². The van der Waals surface area contributed by atoms with Crippen LogP contribution in [-0.2, 0) is 20.9 Å². The van der Waals surface area contributed by atoms with Crippen LogP contribution >= 0.6 is 0 Å². The normalized spacial score (nSPS) is 22.1. The number of aromatic nitrogens is 2. The third kappa shape index (κ3) is 4.55. The number of benzene rings is 1. The molecule has 1 aromatic heterocycles. The lowest BCUT2D eigenvalue weighted by Crippen LogP contribution is -2.49. The first-order chi connectivity index (χ1) is 16.4. The number of carbonyl (C=O) groups is 3. The van der Waals surface area contributed by atoms with Gasteiger partial charge in [0.15, 0.2) is 6.61 Å². The van der Waals surface area contributed by atoms with Crippen molar-refractivity contribution in [1.82, 2.24) is 20.4 Å². The molecule has 1 aliphatic heterocycles. The molecule has 1 aliphatic carbocycles. The van der Waals surface area contributed by atoms with E-state index in [-0.39, 0.29) is 24.2 Å². The molecule has 34 heavy (non-hydrogen) atoms. The number of ether oxygens (including phenoxy) is 3. The fourth-order valence-electron chi connectivity index (χ4n) is 4.46. The Morgan fingerprint density at radius 2 is 2.00 bits per heavy atom. The summed E-state index contributed by atoms with van der Waals surface area (Å²) < 4.78 is 20.9. The van der Waals surface area contributed by atoms with E-state index in [0.717, 1.165) is 24.2 Å². The fourth-order valence-corrected chi connectivity index (χ4v) is 4.46. The number of urea groups is 1. The van der Waals surface area contributed by atoms with Crippen LogP contribution in [0.1, 0.15) is 44.9 Å². The maximum absolute atomic E-state index is 12.9. The summed E-state index contributed by atoms with van der Waals surface area (Å²) in [7, 11) is 3.06. The van der Waals surface area contributed by atoms with Gasteiger partial charge in [0, 0.05) is 6.07 Å². The first kappa shape index (κ1) is 23.5. The van der Waals surface area contributed by atoms with Crippen molar-refractivity contribution in [2.45, 2.75) is 51.2 Å². The Balaban J connectivity index is 1.34. The second kappa shape index (κ2) is 9.70. The molecule has 1 saturated carbocycles. The highest BCUT2D eigenvalue weighted by molar-refractivity contribution is 6.08. The standard InChI is InChI=1S/C23H28N4O7/c1-4-14-7-9-23(10-8-14)21(29)27(22(30)25-23)12-19(28)33-13-18-24-20(26-34-18)16-6-5-15(31-2)11-17(16)32-3/h5-6,11,14H,4,7-10,12-13H2,1-3H3,(H,25,30). The van der Waals surface area contributed by atoms with Crippen LogP contribution in [0.4, 0.5) is 4.79 Å². The molecule has 0 atom stereocenters. The van der Waals surface area contributed by atoms with Gasteiger partial charge in [-0.3, -0.25) is 14.5 Å². The van der Waals surface area contributed by atoms with Gasteiger partial charge >= 0.3 is 12.0 Å². The van der Waals surface area contributed by atoms with Crippen LogP contribution < -0.4 is 14.8 Å². The number of rotatable bonds is 8. The summed E-state index contributed by atoms with van der Waals surface area (Å²) in [6, 6.07) is 4.57. The van der Waals surface area contributed by atoms with Crippen LogP contribution in [-0.4, -0.2) is 59.3 Å². The Morgan fingerprint density at radius 3 is 2.68 bits per heavy atom. The van der Waals surface area contributed by atoms with Crippen molar-refractivity contribution >= 4 is 17.9 Å². The van der Waals surface area contributed by atoms with Crippen molar-refractivity contribution in [2.75, 3.05) is 20.8 Å². The third-order valence-corrected chi connectivity index (χ3v) is 6.54. The van der Waals surface area contributed by atoms with E-state index in [9.17, 15) is 14.4 Å². The monoisotopic (exact) mass is 472 g/mol. The van der Waals surface area contributed by atoms with Crippen molar-refractivity contribution < 1.29 is 33.1 Å². The molecule has 1 aromatic carbocycles. The minimum absolute atomic E-state index is 0.0628. The molecule has 2 heterocycles. The number of amides is 3. The predicted molar refractivity (Wildman–Crippen MR) is 118 cm³/mol. The Bertz CT molecular complexity index is 1080. The van der Waals surface area contributed by atoms with Gasteiger partial charge in [-0.1, -0.05) is 18.5 Å². The number of nitrogens with zero attached hydrogens (tertiary/aromatic N) is 3. The molecule has 182 valence electrons. The highest BCUT2D eigenvalue weighted by Gasteiger charge is 2.52. The maximum atomic E-state index is 12.9. The summed E-state index contributed by atoms with van der Waals surface area (Å²) in [6.07, 6.45) is 3.97. The average Bonchev–Trinajstić information content (AvgIpc) is 3.42. The minimum Gasteiger partial charge on any atom is -0.497 e. The minimum atomic E-state index is -0.901. The molecule has 1 saturated heterocycles.